The predicted molar refractivity (Wildman–Crippen MR) is 120 cm³/mol. The van der Waals surface area contributed by atoms with E-state index in [9.17, 15) is 4.79 Å². The highest BCUT2D eigenvalue weighted by atomic mass is 16.1. The second-order valence-corrected chi connectivity index (χ2v) is 7.03. The van der Waals surface area contributed by atoms with Crippen molar-refractivity contribution in [1.29, 1.82) is 0 Å². The molecule has 0 saturated heterocycles. The summed E-state index contributed by atoms with van der Waals surface area (Å²) in [5, 5.41) is 2.81. The quantitative estimate of drug-likeness (QED) is 0.467. The fraction of sp³-hybridized carbons (Fsp3) is 0.360. The van der Waals surface area contributed by atoms with Gasteiger partial charge in [-0.2, -0.15) is 0 Å². The minimum Gasteiger partial charge on any atom is -0.352 e. The maximum atomic E-state index is 11.6. The minimum atomic E-state index is 0.0204. The van der Waals surface area contributed by atoms with E-state index in [0.29, 0.717) is 6.54 Å². The van der Waals surface area contributed by atoms with E-state index >= 15 is 0 Å². The average molecular weight is 392 g/mol. The number of unbranched alkanes of at least 4 members (excludes halogenated alkanes) is 4. The van der Waals surface area contributed by atoms with E-state index in [1.165, 1.54) is 37.7 Å². The van der Waals surface area contributed by atoms with Gasteiger partial charge in [0.2, 0.25) is 0 Å². The second-order valence-electron chi connectivity index (χ2n) is 7.03. The summed E-state index contributed by atoms with van der Waals surface area (Å²) in [6, 6.07) is 18.1. The summed E-state index contributed by atoms with van der Waals surface area (Å²) in [6.07, 6.45) is 13.1. The first kappa shape index (κ1) is 22.4. The van der Waals surface area contributed by atoms with Crippen molar-refractivity contribution in [2.45, 2.75) is 52.4 Å². The summed E-state index contributed by atoms with van der Waals surface area (Å²) < 4.78 is 1.97. The Morgan fingerprint density at radius 2 is 1.66 bits per heavy atom. The van der Waals surface area contributed by atoms with Crippen LogP contribution in [0.15, 0.2) is 73.3 Å². The van der Waals surface area contributed by atoms with Crippen molar-refractivity contribution in [1.82, 2.24) is 14.9 Å². The zero-order chi connectivity index (χ0) is 20.7. The zero-order valence-electron chi connectivity index (χ0n) is 17.7. The van der Waals surface area contributed by atoms with Crippen molar-refractivity contribution >= 4 is 5.91 Å². The van der Waals surface area contributed by atoms with Gasteiger partial charge in [0.1, 0.15) is 0 Å². The standard InChI is InChI=1S/C16H25NO.C9H8N2/c1-3-5-6-7-8-9-14-10-12-15(13-11-14)16(18)17-4-2;1-2-4-9(5-3-1)11-7-6-10-8-11/h10-13H,3-9H2,1-2H3,(H,17,18);1-8H. The van der Waals surface area contributed by atoms with Gasteiger partial charge >= 0.3 is 0 Å². The number of aromatic nitrogens is 2. The molecule has 2 aromatic carbocycles. The third kappa shape index (κ3) is 8.34. The van der Waals surface area contributed by atoms with E-state index in [-0.39, 0.29) is 5.91 Å². The van der Waals surface area contributed by atoms with Crippen molar-refractivity contribution < 1.29 is 4.79 Å². The first-order valence-corrected chi connectivity index (χ1v) is 10.6. The molecule has 0 fully saturated rings. The van der Waals surface area contributed by atoms with Crippen molar-refractivity contribution in [3.63, 3.8) is 0 Å². The van der Waals surface area contributed by atoms with Crippen LogP contribution in [0.4, 0.5) is 0 Å². The lowest BCUT2D eigenvalue weighted by Gasteiger charge is -2.04. The lowest BCUT2D eigenvalue weighted by molar-refractivity contribution is 0.0956. The van der Waals surface area contributed by atoms with Crippen LogP contribution in [0.25, 0.3) is 5.69 Å². The second kappa shape index (κ2) is 13.3. The highest BCUT2D eigenvalue weighted by molar-refractivity contribution is 5.94. The Kier molecular flexibility index (Phi) is 10.3. The molecule has 4 nitrogen and oxygen atoms in total. The first-order valence-electron chi connectivity index (χ1n) is 10.6. The number of rotatable bonds is 9. The fourth-order valence-electron chi connectivity index (χ4n) is 3.03. The van der Waals surface area contributed by atoms with Crippen molar-refractivity contribution in [2.75, 3.05) is 6.54 Å². The molecule has 4 heteroatoms. The summed E-state index contributed by atoms with van der Waals surface area (Å²) >= 11 is 0. The maximum absolute atomic E-state index is 11.6. The number of imidazole rings is 1. The van der Waals surface area contributed by atoms with E-state index in [0.717, 1.165) is 17.7 Å². The molecule has 1 heterocycles. The Hall–Kier alpha value is -2.88. The molecule has 1 aromatic heterocycles. The number of carbonyl (C=O) groups is 1. The Morgan fingerprint density at radius 1 is 0.931 bits per heavy atom. The monoisotopic (exact) mass is 391 g/mol. The SMILES string of the molecule is CCCCCCCc1ccc(C(=O)NCC)cc1.c1ccc(-n2ccnc2)cc1. The molecular formula is C25H33N3O. The van der Waals surface area contributed by atoms with E-state index in [1.54, 1.807) is 12.5 Å². The van der Waals surface area contributed by atoms with Crippen LogP contribution in [0.5, 0.6) is 0 Å². The Labute approximate surface area is 175 Å². The van der Waals surface area contributed by atoms with Gasteiger partial charge in [0.15, 0.2) is 0 Å². The molecular weight excluding hydrogens is 358 g/mol. The molecule has 1 N–H and O–H groups in total. The number of carbonyl (C=O) groups excluding carboxylic acids is 1. The Bertz CT molecular complexity index is 796. The zero-order valence-corrected chi connectivity index (χ0v) is 17.7. The van der Waals surface area contributed by atoms with Crippen molar-refractivity contribution in [2.24, 2.45) is 0 Å². The molecule has 0 aliphatic heterocycles. The molecule has 0 saturated carbocycles. The normalized spacial score (nSPS) is 10.1. The number of benzene rings is 2. The van der Waals surface area contributed by atoms with Crippen LogP contribution in [-0.2, 0) is 6.42 Å². The third-order valence-electron chi connectivity index (χ3n) is 4.68. The molecule has 0 aliphatic rings. The molecule has 0 spiro atoms. The van der Waals surface area contributed by atoms with Gasteiger partial charge in [-0.1, -0.05) is 62.9 Å². The Balaban J connectivity index is 0.000000230. The Morgan fingerprint density at radius 3 is 2.28 bits per heavy atom. The lowest BCUT2D eigenvalue weighted by Crippen LogP contribution is -2.22. The van der Waals surface area contributed by atoms with E-state index in [1.807, 2.05) is 60.2 Å². The number of para-hydroxylation sites is 1. The van der Waals surface area contributed by atoms with Crippen molar-refractivity contribution in [3.8, 4) is 5.69 Å². The summed E-state index contributed by atoms with van der Waals surface area (Å²) in [5.74, 6) is 0.0204. The molecule has 3 rings (SSSR count). The molecule has 3 aromatic rings. The van der Waals surface area contributed by atoms with Gasteiger partial charge in [0.25, 0.3) is 5.91 Å². The van der Waals surface area contributed by atoms with Gasteiger partial charge in [-0.25, -0.2) is 4.98 Å². The summed E-state index contributed by atoms with van der Waals surface area (Å²) in [5.41, 5.74) is 3.23. The van der Waals surface area contributed by atoms with Gasteiger partial charge in [0, 0.05) is 30.2 Å². The van der Waals surface area contributed by atoms with Crippen LogP contribution >= 0.6 is 0 Å². The lowest BCUT2D eigenvalue weighted by atomic mass is 10.0. The van der Waals surface area contributed by atoms with Gasteiger partial charge in [-0.15, -0.1) is 0 Å². The van der Waals surface area contributed by atoms with E-state index in [2.05, 4.69) is 29.4 Å². The summed E-state index contributed by atoms with van der Waals surface area (Å²) in [4.78, 5) is 15.5. The van der Waals surface area contributed by atoms with Gasteiger partial charge in [0.05, 0.1) is 6.33 Å². The highest BCUT2D eigenvalue weighted by Crippen LogP contribution is 2.10. The number of hydrogen-bond acceptors (Lipinski definition) is 2. The topological polar surface area (TPSA) is 46.9 Å². The number of nitrogens with zero attached hydrogens (tertiary/aromatic N) is 2. The van der Waals surface area contributed by atoms with Crippen LogP contribution in [0.2, 0.25) is 0 Å². The number of hydrogen-bond donors (Lipinski definition) is 1. The molecule has 154 valence electrons. The molecule has 29 heavy (non-hydrogen) atoms. The first-order chi connectivity index (χ1) is 14.2. The fourth-order valence-corrected chi connectivity index (χ4v) is 3.03. The minimum absolute atomic E-state index is 0.0204. The van der Waals surface area contributed by atoms with Crippen LogP contribution in [-0.4, -0.2) is 22.0 Å². The van der Waals surface area contributed by atoms with Crippen LogP contribution in [0, 0.1) is 0 Å². The number of aryl methyl sites for hydroxylation is 1. The van der Waals surface area contributed by atoms with Crippen molar-refractivity contribution in [3.05, 3.63) is 84.4 Å². The van der Waals surface area contributed by atoms with Gasteiger partial charge < -0.3 is 9.88 Å². The van der Waals surface area contributed by atoms with Crippen LogP contribution < -0.4 is 5.32 Å². The van der Waals surface area contributed by atoms with Gasteiger partial charge in [-0.3, -0.25) is 4.79 Å². The molecule has 1 amide bonds. The molecule has 0 atom stereocenters. The van der Waals surface area contributed by atoms with Crippen LogP contribution in [0.3, 0.4) is 0 Å². The van der Waals surface area contributed by atoms with E-state index in [4.69, 9.17) is 0 Å². The smallest absolute Gasteiger partial charge is 0.251 e. The summed E-state index contributed by atoms with van der Waals surface area (Å²) in [7, 11) is 0. The molecule has 0 bridgehead atoms. The molecule has 0 unspecified atom stereocenters. The highest BCUT2D eigenvalue weighted by Gasteiger charge is 2.03. The maximum Gasteiger partial charge on any atom is 0.251 e. The molecule has 0 radical (unpaired) electrons. The third-order valence-corrected chi connectivity index (χ3v) is 4.68. The summed E-state index contributed by atoms with van der Waals surface area (Å²) in [6.45, 7) is 4.85. The largest absolute Gasteiger partial charge is 0.352 e. The van der Waals surface area contributed by atoms with Crippen LogP contribution in [0.1, 0.15) is 61.9 Å². The molecule has 0 aliphatic carbocycles. The average Bonchev–Trinajstić information content (AvgIpc) is 3.30. The van der Waals surface area contributed by atoms with E-state index < -0.39 is 0 Å². The predicted octanol–water partition coefficient (Wildman–Crippen LogP) is 5.82. The van der Waals surface area contributed by atoms with Gasteiger partial charge in [-0.05, 0) is 49.6 Å². The number of nitrogens with one attached hydrogen (secondary N) is 1. The number of amides is 1.